The van der Waals surface area contributed by atoms with E-state index < -0.39 is 11.8 Å². The lowest BCUT2D eigenvalue weighted by atomic mass is 10.1. The van der Waals surface area contributed by atoms with Crippen LogP contribution in [0.2, 0.25) is 0 Å². The number of hydrogen-bond acceptors (Lipinski definition) is 4. The van der Waals surface area contributed by atoms with Crippen molar-refractivity contribution in [2.45, 2.75) is 0 Å². The van der Waals surface area contributed by atoms with Gasteiger partial charge < -0.3 is 15.1 Å². The number of hydrogen-bond donors (Lipinski definition) is 2. The van der Waals surface area contributed by atoms with E-state index in [9.17, 15) is 14.4 Å². The van der Waals surface area contributed by atoms with Crippen LogP contribution in [0.25, 0.3) is 0 Å². The SMILES string of the molecule is C[NH+]1CCN(c2ccccc2NC(=O)CN2C(=O)c3ccccc3C2=O)CC1. The third-order valence-corrected chi connectivity index (χ3v) is 5.32. The van der Waals surface area contributed by atoms with Crippen LogP contribution in [0.15, 0.2) is 48.5 Å². The summed E-state index contributed by atoms with van der Waals surface area (Å²) in [6.45, 7) is 3.61. The van der Waals surface area contributed by atoms with E-state index in [-0.39, 0.29) is 12.5 Å². The summed E-state index contributed by atoms with van der Waals surface area (Å²) in [5, 5.41) is 2.88. The van der Waals surface area contributed by atoms with Crippen molar-refractivity contribution in [2.24, 2.45) is 0 Å². The normalized spacial score (nSPS) is 17.0. The van der Waals surface area contributed by atoms with Gasteiger partial charge >= 0.3 is 0 Å². The van der Waals surface area contributed by atoms with Gasteiger partial charge in [-0.15, -0.1) is 0 Å². The van der Waals surface area contributed by atoms with Gasteiger partial charge in [0.25, 0.3) is 11.8 Å². The minimum atomic E-state index is -0.425. The number of benzene rings is 2. The Hall–Kier alpha value is -3.19. The molecule has 0 atom stereocenters. The molecular formula is C21H23N4O3+. The minimum absolute atomic E-state index is 0.298. The fourth-order valence-corrected chi connectivity index (χ4v) is 3.70. The molecule has 144 valence electrons. The molecule has 0 aromatic heterocycles. The molecule has 2 aromatic carbocycles. The first-order chi connectivity index (χ1) is 13.5. The van der Waals surface area contributed by atoms with Gasteiger partial charge in [0.15, 0.2) is 0 Å². The van der Waals surface area contributed by atoms with Crippen molar-refractivity contribution < 1.29 is 19.3 Å². The number of carbonyl (C=O) groups excluding carboxylic acids is 3. The van der Waals surface area contributed by atoms with Crippen molar-refractivity contribution >= 4 is 29.1 Å². The number of nitrogens with one attached hydrogen (secondary N) is 2. The molecule has 3 amide bonds. The standard InChI is InChI=1S/C21H22N4O3/c1-23-10-12-24(13-11-23)18-9-5-4-8-17(18)22-19(26)14-25-20(27)15-6-2-3-7-16(15)21(25)28/h2-9H,10-14H2,1H3,(H,22,26)/p+1. The summed E-state index contributed by atoms with van der Waals surface area (Å²) in [5.74, 6) is -1.24. The summed E-state index contributed by atoms with van der Waals surface area (Å²) in [6, 6.07) is 14.3. The van der Waals surface area contributed by atoms with Crippen molar-refractivity contribution in [3.05, 3.63) is 59.7 Å². The average molecular weight is 379 g/mol. The molecule has 0 saturated carbocycles. The average Bonchev–Trinajstić information content (AvgIpc) is 2.94. The Kier molecular flexibility index (Phi) is 4.83. The lowest BCUT2D eigenvalue weighted by Crippen LogP contribution is -3.12. The minimum Gasteiger partial charge on any atom is -0.359 e. The molecule has 2 aliphatic rings. The summed E-state index contributed by atoms with van der Waals surface area (Å²) in [7, 11) is 2.17. The zero-order chi connectivity index (χ0) is 19.7. The highest BCUT2D eigenvalue weighted by molar-refractivity contribution is 6.22. The third kappa shape index (κ3) is 3.36. The number of likely N-dealkylation sites (N-methyl/N-ethyl adjacent to an activating group) is 1. The quantitative estimate of drug-likeness (QED) is 0.748. The molecule has 0 bridgehead atoms. The molecule has 2 aliphatic heterocycles. The van der Waals surface area contributed by atoms with Crippen molar-refractivity contribution in [3.8, 4) is 0 Å². The largest absolute Gasteiger partial charge is 0.359 e. The fraction of sp³-hybridized carbons (Fsp3) is 0.286. The molecule has 2 N–H and O–H groups in total. The van der Waals surface area contributed by atoms with Crippen LogP contribution < -0.4 is 15.1 Å². The van der Waals surface area contributed by atoms with Crippen molar-refractivity contribution in [2.75, 3.05) is 50.0 Å². The fourth-order valence-electron chi connectivity index (χ4n) is 3.70. The first-order valence-electron chi connectivity index (χ1n) is 9.45. The lowest BCUT2D eigenvalue weighted by Gasteiger charge is -2.33. The number of fused-ring (bicyclic) bond motifs is 1. The first kappa shape index (κ1) is 18.2. The smallest absolute Gasteiger partial charge is 0.262 e. The van der Waals surface area contributed by atoms with E-state index >= 15 is 0 Å². The molecular weight excluding hydrogens is 356 g/mol. The van der Waals surface area contributed by atoms with E-state index in [1.807, 2.05) is 24.3 Å². The first-order valence-corrected chi connectivity index (χ1v) is 9.45. The Morgan fingerprint density at radius 1 is 0.964 bits per heavy atom. The van der Waals surface area contributed by atoms with Crippen molar-refractivity contribution in [1.29, 1.82) is 0 Å². The predicted octanol–water partition coefficient (Wildman–Crippen LogP) is 0.256. The van der Waals surface area contributed by atoms with Gasteiger partial charge in [-0.25, -0.2) is 0 Å². The third-order valence-electron chi connectivity index (χ3n) is 5.32. The van der Waals surface area contributed by atoms with Gasteiger partial charge in [0.1, 0.15) is 6.54 Å². The molecule has 4 rings (SSSR count). The predicted molar refractivity (Wildman–Crippen MR) is 106 cm³/mol. The summed E-state index contributed by atoms with van der Waals surface area (Å²) < 4.78 is 0. The highest BCUT2D eigenvalue weighted by Gasteiger charge is 2.36. The number of anilines is 2. The van der Waals surface area contributed by atoms with Crippen LogP contribution in [0.1, 0.15) is 20.7 Å². The van der Waals surface area contributed by atoms with Crippen LogP contribution in [0.3, 0.4) is 0 Å². The molecule has 28 heavy (non-hydrogen) atoms. The molecule has 2 aromatic rings. The van der Waals surface area contributed by atoms with E-state index in [0.29, 0.717) is 16.8 Å². The Bertz CT molecular complexity index is 900. The maximum Gasteiger partial charge on any atom is 0.262 e. The van der Waals surface area contributed by atoms with Gasteiger partial charge in [-0.2, -0.15) is 0 Å². The summed E-state index contributed by atoms with van der Waals surface area (Å²) in [6.07, 6.45) is 0. The Morgan fingerprint density at radius 2 is 1.54 bits per heavy atom. The van der Waals surface area contributed by atoms with Gasteiger partial charge in [0.2, 0.25) is 5.91 Å². The van der Waals surface area contributed by atoms with Crippen LogP contribution in [-0.2, 0) is 4.79 Å². The van der Waals surface area contributed by atoms with Crippen LogP contribution >= 0.6 is 0 Å². The summed E-state index contributed by atoms with van der Waals surface area (Å²) in [4.78, 5) is 42.3. The summed E-state index contributed by atoms with van der Waals surface area (Å²) in [5.41, 5.74) is 2.36. The molecule has 7 heteroatoms. The molecule has 0 radical (unpaired) electrons. The number of nitrogens with zero attached hydrogens (tertiary/aromatic N) is 2. The Morgan fingerprint density at radius 3 is 2.18 bits per heavy atom. The monoisotopic (exact) mass is 379 g/mol. The maximum absolute atomic E-state index is 12.6. The van der Waals surface area contributed by atoms with Crippen LogP contribution in [0.4, 0.5) is 11.4 Å². The highest BCUT2D eigenvalue weighted by atomic mass is 16.2. The molecule has 0 spiro atoms. The van der Waals surface area contributed by atoms with Gasteiger partial charge in [-0.05, 0) is 24.3 Å². The van der Waals surface area contributed by atoms with Crippen molar-refractivity contribution in [3.63, 3.8) is 0 Å². The lowest BCUT2D eigenvalue weighted by molar-refractivity contribution is -0.880. The molecule has 0 unspecified atom stereocenters. The van der Waals surface area contributed by atoms with Gasteiger partial charge in [-0.3, -0.25) is 19.3 Å². The second kappa shape index (κ2) is 7.44. The Labute approximate surface area is 163 Å². The van der Waals surface area contributed by atoms with Gasteiger partial charge in [0.05, 0.1) is 55.7 Å². The van der Waals surface area contributed by atoms with Gasteiger partial charge in [-0.1, -0.05) is 24.3 Å². The number of carbonyl (C=O) groups is 3. The van der Waals surface area contributed by atoms with E-state index in [0.717, 1.165) is 36.8 Å². The van der Waals surface area contributed by atoms with E-state index in [2.05, 4.69) is 17.3 Å². The second-order valence-corrected chi connectivity index (χ2v) is 7.25. The number of amides is 3. The zero-order valence-corrected chi connectivity index (χ0v) is 15.8. The molecule has 7 nitrogen and oxygen atoms in total. The molecule has 2 heterocycles. The van der Waals surface area contributed by atoms with Gasteiger partial charge in [0, 0.05) is 0 Å². The van der Waals surface area contributed by atoms with Crippen LogP contribution in [-0.4, -0.2) is 62.4 Å². The van der Waals surface area contributed by atoms with Crippen LogP contribution in [0.5, 0.6) is 0 Å². The number of quaternary nitrogens is 1. The highest BCUT2D eigenvalue weighted by Crippen LogP contribution is 2.26. The maximum atomic E-state index is 12.6. The number of para-hydroxylation sites is 2. The Balaban J connectivity index is 1.47. The topological polar surface area (TPSA) is 74.2 Å². The zero-order valence-electron chi connectivity index (χ0n) is 15.8. The van der Waals surface area contributed by atoms with Crippen molar-refractivity contribution in [1.82, 2.24) is 4.90 Å². The number of piperazine rings is 1. The molecule has 1 fully saturated rings. The van der Waals surface area contributed by atoms with E-state index in [1.54, 1.807) is 24.3 Å². The summed E-state index contributed by atoms with van der Waals surface area (Å²) >= 11 is 0. The number of rotatable bonds is 4. The van der Waals surface area contributed by atoms with E-state index in [1.165, 1.54) is 4.90 Å². The number of imide groups is 1. The van der Waals surface area contributed by atoms with Crippen LogP contribution in [0, 0.1) is 0 Å². The second-order valence-electron chi connectivity index (χ2n) is 7.25. The van der Waals surface area contributed by atoms with E-state index in [4.69, 9.17) is 0 Å². The molecule has 1 saturated heterocycles. The molecule has 0 aliphatic carbocycles.